The van der Waals surface area contributed by atoms with Crippen LogP contribution in [0.2, 0.25) is 0 Å². The van der Waals surface area contributed by atoms with Crippen molar-refractivity contribution in [1.82, 2.24) is 0 Å². The van der Waals surface area contributed by atoms with Crippen LogP contribution in [0.4, 0.5) is 0 Å². The Labute approximate surface area is 94.8 Å². The van der Waals surface area contributed by atoms with Crippen LogP contribution in [0.15, 0.2) is 36.0 Å². The molecule has 84 valence electrons. The van der Waals surface area contributed by atoms with Crippen LogP contribution >= 0.6 is 0 Å². The summed E-state index contributed by atoms with van der Waals surface area (Å²) in [5, 5.41) is 0. The Balaban J connectivity index is 2.44. The first-order chi connectivity index (χ1) is 7.09. The molecule has 0 aromatic carbocycles. The van der Waals surface area contributed by atoms with E-state index in [9.17, 15) is 0 Å². The molecule has 0 spiro atoms. The molecule has 0 nitrogen and oxygen atoms in total. The Morgan fingerprint density at radius 3 is 2.87 bits per heavy atom. The summed E-state index contributed by atoms with van der Waals surface area (Å²) >= 11 is 0. The quantitative estimate of drug-likeness (QED) is 0.572. The van der Waals surface area contributed by atoms with E-state index in [-0.39, 0.29) is 0 Å². The van der Waals surface area contributed by atoms with Crippen LogP contribution in [0.25, 0.3) is 0 Å². The zero-order chi connectivity index (χ0) is 11.3. The van der Waals surface area contributed by atoms with Gasteiger partial charge in [-0.2, -0.15) is 0 Å². The second-order valence-corrected chi connectivity index (χ2v) is 5.17. The highest BCUT2D eigenvalue weighted by molar-refractivity contribution is 5.38. The third-order valence-corrected chi connectivity index (χ3v) is 3.01. The molecule has 0 fully saturated rings. The molecule has 1 rings (SSSR count). The predicted octanol–water partition coefficient (Wildman–Crippen LogP) is 4.89. The molecule has 1 unspecified atom stereocenters. The van der Waals surface area contributed by atoms with Gasteiger partial charge in [0.1, 0.15) is 0 Å². The summed E-state index contributed by atoms with van der Waals surface area (Å²) in [4.78, 5) is 0. The van der Waals surface area contributed by atoms with E-state index in [0.29, 0.717) is 0 Å². The fraction of sp³-hybridized carbons (Fsp3) is 0.600. The molecule has 0 heteroatoms. The maximum absolute atomic E-state index is 4.15. The van der Waals surface area contributed by atoms with Crippen molar-refractivity contribution in [1.29, 1.82) is 0 Å². The number of hydrogen-bond donors (Lipinski definition) is 0. The van der Waals surface area contributed by atoms with Crippen molar-refractivity contribution in [2.24, 2.45) is 11.8 Å². The molecule has 0 amide bonds. The van der Waals surface area contributed by atoms with Gasteiger partial charge in [0.25, 0.3) is 0 Å². The van der Waals surface area contributed by atoms with E-state index in [4.69, 9.17) is 0 Å². The predicted molar refractivity (Wildman–Crippen MR) is 68.8 cm³/mol. The molecule has 1 atom stereocenters. The first-order valence-corrected chi connectivity index (χ1v) is 6.14. The lowest BCUT2D eigenvalue weighted by Crippen LogP contribution is -2.02. The Morgan fingerprint density at radius 1 is 1.60 bits per heavy atom. The minimum Gasteiger partial charge on any atom is -0.0915 e. The molecule has 0 N–H and O–H groups in total. The maximum Gasteiger partial charge on any atom is -0.0274 e. The van der Waals surface area contributed by atoms with Crippen molar-refractivity contribution in [3.05, 3.63) is 36.0 Å². The third kappa shape index (κ3) is 4.51. The summed E-state index contributed by atoms with van der Waals surface area (Å²) in [5.41, 5.74) is 2.69. The van der Waals surface area contributed by atoms with E-state index in [1.807, 2.05) is 0 Å². The molecular weight excluding hydrogens is 180 g/mol. The molecule has 0 aliphatic heterocycles. The Hall–Kier alpha value is -0.780. The van der Waals surface area contributed by atoms with E-state index in [2.05, 4.69) is 45.6 Å². The highest BCUT2D eigenvalue weighted by Crippen LogP contribution is 2.27. The largest absolute Gasteiger partial charge is 0.0915 e. The van der Waals surface area contributed by atoms with Crippen molar-refractivity contribution in [3.63, 3.8) is 0 Å². The lowest BCUT2D eigenvalue weighted by molar-refractivity contribution is 0.517. The number of rotatable bonds is 4. The van der Waals surface area contributed by atoms with E-state index < -0.39 is 0 Å². The van der Waals surface area contributed by atoms with E-state index in [1.54, 1.807) is 0 Å². The summed E-state index contributed by atoms with van der Waals surface area (Å²) in [6.07, 6.45) is 11.7. The molecule has 0 saturated heterocycles. The first-order valence-electron chi connectivity index (χ1n) is 6.14. The standard InChI is InChI=1S/C15H24/c1-12(2)6-5-7-14(4)15-10-8-13(3)9-11-15/h5,7,10,12-13H,4,6,8-9,11H2,1-3H3/b7-5+. The summed E-state index contributed by atoms with van der Waals surface area (Å²) in [6.45, 7) is 11.0. The molecule has 1 aliphatic carbocycles. The summed E-state index contributed by atoms with van der Waals surface area (Å²) in [5.74, 6) is 1.61. The van der Waals surface area contributed by atoms with Gasteiger partial charge in [0.2, 0.25) is 0 Å². The molecule has 15 heavy (non-hydrogen) atoms. The molecule has 0 heterocycles. The molecule has 0 aromatic rings. The van der Waals surface area contributed by atoms with Crippen LogP contribution in [-0.4, -0.2) is 0 Å². The lowest BCUT2D eigenvalue weighted by atomic mass is 9.88. The number of hydrogen-bond acceptors (Lipinski definition) is 0. The van der Waals surface area contributed by atoms with Crippen molar-refractivity contribution in [2.75, 3.05) is 0 Å². The summed E-state index contributed by atoms with van der Waals surface area (Å²) < 4.78 is 0. The van der Waals surface area contributed by atoms with Crippen LogP contribution in [0.1, 0.15) is 46.5 Å². The van der Waals surface area contributed by atoms with Gasteiger partial charge in [-0.3, -0.25) is 0 Å². The SMILES string of the molecule is C=C(/C=C/CC(C)C)C1=CCC(C)CC1. The molecule has 0 radical (unpaired) electrons. The van der Waals surface area contributed by atoms with Gasteiger partial charge < -0.3 is 0 Å². The van der Waals surface area contributed by atoms with E-state index in [1.165, 1.54) is 30.4 Å². The molecule has 0 saturated carbocycles. The zero-order valence-electron chi connectivity index (χ0n) is 10.4. The van der Waals surface area contributed by atoms with Crippen molar-refractivity contribution in [2.45, 2.75) is 46.5 Å². The average Bonchev–Trinajstić information content (AvgIpc) is 2.18. The van der Waals surface area contributed by atoms with Crippen LogP contribution in [0.5, 0.6) is 0 Å². The van der Waals surface area contributed by atoms with E-state index in [0.717, 1.165) is 18.3 Å². The van der Waals surface area contributed by atoms with Gasteiger partial charge in [-0.1, -0.05) is 45.6 Å². The van der Waals surface area contributed by atoms with Crippen molar-refractivity contribution < 1.29 is 0 Å². The second-order valence-electron chi connectivity index (χ2n) is 5.17. The first kappa shape index (κ1) is 12.3. The Morgan fingerprint density at radius 2 is 2.33 bits per heavy atom. The zero-order valence-corrected chi connectivity index (χ0v) is 10.4. The summed E-state index contributed by atoms with van der Waals surface area (Å²) in [7, 11) is 0. The highest BCUT2D eigenvalue weighted by Gasteiger charge is 2.10. The van der Waals surface area contributed by atoms with E-state index >= 15 is 0 Å². The van der Waals surface area contributed by atoms with Crippen LogP contribution < -0.4 is 0 Å². The normalized spacial score (nSPS) is 22.1. The molecule has 0 aromatic heterocycles. The average molecular weight is 204 g/mol. The van der Waals surface area contributed by atoms with Crippen LogP contribution in [-0.2, 0) is 0 Å². The lowest BCUT2D eigenvalue weighted by Gasteiger charge is -2.18. The third-order valence-electron chi connectivity index (χ3n) is 3.01. The van der Waals surface area contributed by atoms with Gasteiger partial charge >= 0.3 is 0 Å². The van der Waals surface area contributed by atoms with Crippen molar-refractivity contribution in [3.8, 4) is 0 Å². The smallest absolute Gasteiger partial charge is 0.0274 e. The van der Waals surface area contributed by atoms with Gasteiger partial charge in [-0.05, 0) is 48.7 Å². The van der Waals surface area contributed by atoms with Gasteiger partial charge in [0, 0.05) is 0 Å². The Kier molecular flexibility index (Phi) is 4.87. The van der Waals surface area contributed by atoms with Gasteiger partial charge in [0.15, 0.2) is 0 Å². The van der Waals surface area contributed by atoms with Crippen LogP contribution in [0.3, 0.4) is 0 Å². The number of allylic oxidation sites excluding steroid dienone is 5. The molecule has 1 aliphatic rings. The minimum atomic E-state index is 0.745. The highest BCUT2D eigenvalue weighted by atomic mass is 14.2. The van der Waals surface area contributed by atoms with Crippen LogP contribution in [0, 0.1) is 11.8 Å². The monoisotopic (exact) mass is 204 g/mol. The van der Waals surface area contributed by atoms with Gasteiger partial charge in [0.05, 0.1) is 0 Å². The maximum atomic E-state index is 4.15. The fourth-order valence-corrected chi connectivity index (χ4v) is 1.85. The Bertz CT molecular complexity index is 266. The topological polar surface area (TPSA) is 0 Å². The van der Waals surface area contributed by atoms with Crippen molar-refractivity contribution >= 4 is 0 Å². The molecular formula is C15H24. The fourth-order valence-electron chi connectivity index (χ4n) is 1.85. The summed E-state index contributed by atoms with van der Waals surface area (Å²) in [6, 6.07) is 0. The minimum absolute atomic E-state index is 0.745. The van der Waals surface area contributed by atoms with Gasteiger partial charge in [-0.25, -0.2) is 0 Å². The molecule has 0 bridgehead atoms. The second kappa shape index (κ2) is 5.95. The van der Waals surface area contributed by atoms with Gasteiger partial charge in [-0.15, -0.1) is 0 Å².